The van der Waals surface area contributed by atoms with E-state index in [2.05, 4.69) is 4.36 Å². The van der Waals surface area contributed by atoms with Crippen LogP contribution in [-0.4, -0.2) is 46.6 Å². The van der Waals surface area contributed by atoms with Crippen molar-refractivity contribution >= 4 is 9.92 Å². The van der Waals surface area contributed by atoms with E-state index in [0.29, 0.717) is 26.3 Å². The van der Waals surface area contributed by atoms with Gasteiger partial charge in [-0.15, -0.1) is 0 Å². The van der Waals surface area contributed by atoms with Crippen molar-refractivity contribution in [1.29, 1.82) is 0 Å². The molecule has 1 heterocycles. The van der Waals surface area contributed by atoms with Crippen LogP contribution in [-0.2, 0) is 14.7 Å². The number of ether oxygens (including phenoxy) is 1. The Bertz CT molecular complexity index is 294. The van der Waals surface area contributed by atoms with Crippen molar-refractivity contribution in [2.24, 2.45) is 4.36 Å². The van der Waals surface area contributed by atoms with Crippen molar-refractivity contribution in [3.63, 3.8) is 0 Å². The summed E-state index contributed by atoms with van der Waals surface area (Å²) in [5.74, 6) is 0. The first kappa shape index (κ1) is 11.9. The predicted molar refractivity (Wildman–Crippen MR) is 58.6 cm³/mol. The minimum absolute atomic E-state index is 0.306. The highest BCUT2D eigenvalue weighted by atomic mass is 32.2. The second-order valence-electron chi connectivity index (χ2n) is 4.33. The lowest BCUT2D eigenvalue weighted by Crippen LogP contribution is -2.47. The first-order chi connectivity index (χ1) is 6.42. The molecular weight excluding hydrogens is 200 g/mol. The number of nitrogens with zero attached hydrogens (tertiary/aromatic N) is 2. The maximum atomic E-state index is 12.6. The number of rotatable bonds is 1. The molecule has 0 amide bonds. The standard InChI is InChI=1S/C9H20N2O2S/c1-9(2,3)14(12,10-4)11-5-7-13-8-6-11/h5-8H2,1-4H3. The van der Waals surface area contributed by atoms with Crippen molar-refractivity contribution in [2.75, 3.05) is 33.4 Å². The third-order valence-corrected chi connectivity index (χ3v) is 5.52. The first-order valence-corrected chi connectivity index (χ1v) is 6.36. The molecule has 0 aromatic carbocycles. The zero-order valence-corrected chi connectivity index (χ0v) is 10.3. The Labute approximate surface area is 86.9 Å². The van der Waals surface area contributed by atoms with Crippen LogP contribution in [0.1, 0.15) is 20.8 Å². The molecule has 5 heteroatoms. The van der Waals surface area contributed by atoms with E-state index in [-0.39, 0.29) is 4.75 Å². The zero-order valence-electron chi connectivity index (χ0n) is 9.45. The molecule has 0 aromatic heterocycles. The molecule has 0 radical (unpaired) electrons. The summed E-state index contributed by atoms with van der Waals surface area (Å²) in [6.45, 7) is 8.65. The lowest BCUT2D eigenvalue weighted by atomic mass is 10.3. The summed E-state index contributed by atoms with van der Waals surface area (Å²) >= 11 is 0. The predicted octanol–water partition coefficient (Wildman–Crippen LogP) is 1.13. The van der Waals surface area contributed by atoms with Crippen LogP contribution in [0.25, 0.3) is 0 Å². The molecule has 1 aliphatic rings. The van der Waals surface area contributed by atoms with Gasteiger partial charge in [-0.05, 0) is 20.8 Å². The van der Waals surface area contributed by atoms with Gasteiger partial charge in [-0.2, -0.15) is 0 Å². The number of hydrogen-bond donors (Lipinski definition) is 0. The molecule has 84 valence electrons. The minimum Gasteiger partial charge on any atom is -0.379 e. The number of morpholine rings is 1. The fourth-order valence-corrected chi connectivity index (χ4v) is 3.77. The minimum atomic E-state index is -2.27. The van der Waals surface area contributed by atoms with E-state index in [1.54, 1.807) is 7.05 Å². The highest BCUT2D eigenvalue weighted by Crippen LogP contribution is 2.23. The van der Waals surface area contributed by atoms with Gasteiger partial charge in [-0.25, -0.2) is 12.9 Å². The summed E-state index contributed by atoms with van der Waals surface area (Å²) in [7, 11) is -0.625. The van der Waals surface area contributed by atoms with Gasteiger partial charge in [0.2, 0.25) is 0 Å². The van der Waals surface area contributed by atoms with E-state index in [1.165, 1.54) is 0 Å². The molecule has 0 aliphatic carbocycles. The zero-order chi connectivity index (χ0) is 10.8. The van der Waals surface area contributed by atoms with Crippen molar-refractivity contribution in [2.45, 2.75) is 25.5 Å². The van der Waals surface area contributed by atoms with Crippen molar-refractivity contribution in [1.82, 2.24) is 4.31 Å². The molecule has 0 aromatic rings. The van der Waals surface area contributed by atoms with Crippen molar-refractivity contribution in [3.8, 4) is 0 Å². The molecule has 1 unspecified atom stereocenters. The molecule has 0 bridgehead atoms. The van der Waals surface area contributed by atoms with E-state index in [0.717, 1.165) is 0 Å². The lowest BCUT2D eigenvalue weighted by molar-refractivity contribution is 0.0738. The second kappa shape index (κ2) is 4.16. The summed E-state index contributed by atoms with van der Waals surface area (Å²) < 4.78 is 23.6. The Hall–Kier alpha value is -0.130. The molecule has 0 saturated carbocycles. The van der Waals surface area contributed by atoms with Gasteiger partial charge in [0.15, 0.2) is 0 Å². The SMILES string of the molecule is CN=S(=O)(N1CCOCC1)C(C)(C)C. The maximum Gasteiger partial charge on any atom is 0.115 e. The van der Waals surface area contributed by atoms with E-state index in [4.69, 9.17) is 4.74 Å². The fourth-order valence-electron chi connectivity index (χ4n) is 1.57. The summed E-state index contributed by atoms with van der Waals surface area (Å²) in [6, 6.07) is 0. The van der Waals surface area contributed by atoms with Gasteiger partial charge < -0.3 is 4.74 Å². The molecule has 1 rings (SSSR count). The molecule has 0 N–H and O–H groups in total. The van der Waals surface area contributed by atoms with Crippen molar-refractivity contribution < 1.29 is 8.95 Å². The molecule has 4 nitrogen and oxygen atoms in total. The Morgan fingerprint density at radius 2 is 1.79 bits per heavy atom. The van der Waals surface area contributed by atoms with Crippen LogP contribution in [0, 0.1) is 0 Å². The van der Waals surface area contributed by atoms with E-state index >= 15 is 0 Å². The molecular formula is C9H20N2O2S. The Morgan fingerprint density at radius 1 is 1.29 bits per heavy atom. The van der Waals surface area contributed by atoms with Gasteiger partial charge in [0.25, 0.3) is 0 Å². The van der Waals surface area contributed by atoms with Gasteiger partial charge in [0.05, 0.1) is 18.0 Å². The van der Waals surface area contributed by atoms with E-state index in [1.807, 2.05) is 25.1 Å². The Balaban J connectivity index is 2.96. The Morgan fingerprint density at radius 3 is 2.14 bits per heavy atom. The fraction of sp³-hybridized carbons (Fsp3) is 1.00. The quantitative estimate of drug-likeness (QED) is 0.665. The average Bonchev–Trinajstić information content (AvgIpc) is 2.16. The highest BCUT2D eigenvalue weighted by Gasteiger charge is 2.33. The van der Waals surface area contributed by atoms with Gasteiger partial charge >= 0.3 is 0 Å². The molecule has 1 fully saturated rings. The molecule has 1 saturated heterocycles. The van der Waals surface area contributed by atoms with Crippen LogP contribution in [0.4, 0.5) is 0 Å². The summed E-state index contributed by atoms with van der Waals surface area (Å²) in [5, 5.41) is 0. The van der Waals surface area contributed by atoms with Crippen molar-refractivity contribution in [3.05, 3.63) is 0 Å². The van der Waals surface area contributed by atoms with Gasteiger partial charge in [-0.3, -0.25) is 0 Å². The van der Waals surface area contributed by atoms with Gasteiger partial charge in [0, 0.05) is 20.1 Å². The first-order valence-electron chi connectivity index (χ1n) is 4.89. The van der Waals surface area contributed by atoms with Crippen LogP contribution in [0.15, 0.2) is 4.36 Å². The van der Waals surface area contributed by atoms with Crippen LogP contribution >= 0.6 is 0 Å². The third-order valence-electron chi connectivity index (χ3n) is 2.37. The molecule has 14 heavy (non-hydrogen) atoms. The normalized spacial score (nSPS) is 24.3. The monoisotopic (exact) mass is 220 g/mol. The Kier molecular flexibility index (Phi) is 3.55. The number of hydrogen-bond acceptors (Lipinski definition) is 3. The third kappa shape index (κ3) is 2.10. The van der Waals surface area contributed by atoms with Crippen LogP contribution < -0.4 is 0 Å². The van der Waals surface area contributed by atoms with Gasteiger partial charge in [0.1, 0.15) is 9.92 Å². The highest BCUT2D eigenvalue weighted by molar-refractivity contribution is 7.92. The summed E-state index contributed by atoms with van der Waals surface area (Å²) in [4.78, 5) is 0. The molecule has 0 spiro atoms. The summed E-state index contributed by atoms with van der Waals surface area (Å²) in [5.41, 5.74) is 0. The van der Waals surface area contributed by atoms with Crippen LogP contribution in [0.3, 0.4) is 0 Å². The van der Waals surface area contributed by atoms with Crippen LogP contribution in [0.5, 0.6) is 0 Å². The largest absolute Gasteiger partial charge is 0.379 e. The maximum absolute atomic E-state index is 12.6. The lowest BCUT2D eigenvalue weighted by Gasteiger charge is -2.36. The van der Waals surface area contributed by atoms with E-state index < -0.39 is 9.92 Å². The topological polar surface area (TPSA) is 41.9 Å². The molecule has 1 aliphatic heterocycles. The second-order valence-corrected chi connectivity index (χ2v) is 7.43. The summed E-state index contributed by atoms with van der Waals surface area (Å²) in [6.07, 6.45) is 0. The molecule has 1 atom stereocenters. The van der Waals surface area contributed by atoms with E-state index in [9.17, 15) is 4.21 Å². The van der Waals surface area contributed by atoms with Crippen LogP contribution in [0.2, 0.25) is 0 Å². The smallest absolute Gasteiger partial charge is 0.115 e. The average molecular weight is 220 g/mol. The van der Waals surface area contributed by atoms with Gasteiger partial charge in [-0.1, -0.05) is 0 Å².